The molecule has 4 rings (SSSR count). The van der Waals surface area contributed by atoms with Gasteiger partial charge in [-0.1, -0.05) is 30.0 Å². The summed E-state index contributed by atoms with van der Waals surface area (Å²) in [5, 5.41) is 9.36. The fourth-order valence-corrected chi connectivity index (χ4v) is 4.53. The third-order valence-electron chi connectivity index (χ3n) is 4.60. The molecule has 0 unspecified atom stereocenters. The molecule has 1 saturated heterocycles. The van der Waals surface area contributed by atoms with Crippen molar-refractivity contribution in [2.45, 2.75) is 11.7 Å². The molecule has 0 bridgehead atoms. The first-order chi connectivity index (χ1) is 13.7. The Kier molecular flexibility index (Phi) is 6.04. The zero-order valence-electron chi connectivity index (χ0n) is 15.2. The van der Waals surface area contributed by atoms with Crippen LogP contribution in [0, 0.1) is 5.82 Å². The number of piperazine rings is 1. The van der Waals surface area contributed by atoms with Crippen molar-refractivity contribution < 1.29 is 9.18 Å². The Balaban J connectivity index is 1.26. The van der Waals surface area contributed by atoms with Gasteiger partial charge < -0.3 is 4.90 Å². The maximum atomic E-state index is 13.8. The van der Waals surface area contributed by atoms with Gasteiger partial charge in [-0.25, -0.2) is 9.37 Å². The number of carbonyl (C=O) groups excluding carboxylic acids is 1. The lowest BCUT2D eigenvalue weighted by molar-refractivity contribution is -0.130. The molecule has 1 fully saturated rings. The van der Waals surface area contributed by atoms with Crippen LogP contribution in [-0.2, 0) is 11.3 Å². The summed E-state index contributed by atoms with van der Waals surface area (Å²) in [4.78, 5) is 22.4. The van der Waals surface area contributed by atoms with Crippen LogP contribution < -0.4 is 0 Å². The van der Waals surface area contributed by atoms with E-state index in [1.54, 1.807) is 29.5 Å². The molecule has 1 aromatic carbocycles. The quantitative estimate of drug-likeness (QED) is 0.625. The Morgan fingerprint density at radius 2 is 2.00 bits per heavy atom. The standard InChI is InChI=1S/C19H20FN5OS2/c20-16-6-2-1-5-15(16)18-21-19(23-22-18)28-13-17(26)25-9-7-24(8-10-25)12-14-4-3-11-27-14/h1-6,11H,7-10,12-13H2,(H,21,22,23). The lowest BCUT2D eigenvalue weighted by Gasteiger charge is -2.34. The Hall–Kier alpha value is -2.23. The van der Waals surface area contributed by atoms with E-state index in [1.807, 2.05) is 4.90 Å². The second kappa shape index (κ2) is 8.85. The van der Waals surface area contributed by atoms with E-state index < -0.39 is 0 Å². The number of halogens is 1. The van der Waals surface area contributed by atoms with E-state index >= 15 is 0 Å². The van der Waals surface area contributed by atoms with E-state index in [0.717, 1.165) is 32.7 Å². The smallest absolute Gasteiger partial charge is 0.233 e. The number of H-pyrrole nitrogens is 1. The predicted octanol–water partition coefficient (Wildman–Crippen LogP) is 3.11. The minimum Gasteiger partial charge on any atom is -0.339 e. The molecule has 1 amide bonds. The zero-order chi connectivity index (χ0) is 19.3. The van der Waals surface area contributed by atoms with Gasteiger partial charge in [0.05, 0.1) is 11.3 Å². The van der Waals surface area contributed by atoms with Gasteiger partial charge in [-0.2, -0.15) is 0 Å². The number of nitrogens with zero attached hydrogens (tertiary/aromatic N) is 4. The average molecular weight is 418 g/mol. The van der Waals surface area contributed by atoms with Crippen molar-refractivity contribution in [1.29, 1.82) is 0 Å². The summed E-state index contributed by atoms with van der Waals surface area (Å²) >= 11 is 3.03. The number of aromatic nitrogens is 3. The highest BCUT2D eigenvalue weighted by Gasteiger charge is 2.22. The van der Waals surface area contributed by atoms with Crippen LogP contribution in [0.1, 0.15) is 4.88 Å². The SMILES string of the molecule is O=C(CSc1n[nH]c(-c2ccccc2F)n1)N1CCN(Cc2cccs2)CC1. The van der Waals surface area contributed by atoms with E-state index in [-0.39, 0.29) is 17.5 Å². The van der Waals surface area contributed by atoms with Crippen LogP contribution in [0.5, 0.6) is 0 Å². The topological polar surface area (TPSA) is 65.1 Å². The minimum atomic E-state index is -0.355. The van der Waals surface area contributed by atoms with Crippen LogP contribution in [0.3, 0.4) is 0 Å². The highest BCUT2D eigenvalue weighted by Crippen LogP contribution is 2.22. The van der Waals surface area contributed by atoms with Gasteiger partial charge in [0.15, 0.2) is 5.82 Å². The average Bonchev–Trinajstić information content (AvgIpc) is 3.39. The highest BCUT2D eigenvalue weighted by molar-refractivity contribution is 7.99. The lowest BCUT2D eigenvalue weighted by atomic mass is 10.2. The number of rotatable bonds is 6. The number of hydrogen-bond donors (Lipinski definition) is 1. The van der Waals surface area contributed by atoms with Gasteiger partial charge in [0, 0.05) is 37.6 Å². The molecule has 0 spiro atoms. The minimum absolute atomic E-state index is 0.0815. The molecule has 146 valence electrons. The van der Waals surface area contributed by atoms with Crippen molar-refractivity contribution in [3.8, 4) is 11.4 Å². The van der Waals surface area contributed by atoms with Gasteiger partial charge in [-0.3, -0.25) is 14.8 Å². The van der Waals surface area contributed by atoms with Crippen molar-refractivity contribution in [2.24, 2.45) is 0 Å². The largest absolute Gasteiger partial charge is 0.339 e. The molecule has 1 N–H and O–H groups in total. The number of thioether (sulfide) groups is 1. The molecule has 3 heterocycles. The van der Waals surface area contributed by atoms with Crippen molar-refractivity contribution in [3.05, 3.63) is 52.5 Å². The van der Waals surface area contributed by atoms with Crippen LogP contribution in [0.25, 0.3) is 11.4 Å². The summed E-state index contributed by atoms with van der Waals surface area (Å²) in [6, 6.07) is 10.6. The number of aromatic amines is 1. The Morgan fingerprint density at radius 3 is 2.75 bits per heavy atom. The molecule has 0 radical (unpaired) electrons. The van der Waals surface area contributed by atoms with E-state index in [1.165, 1.54) is 22.7 Å². The van der Waals surface area contributed by atoms with Crippen molar-refractivity contribution >= 4 is 29.0 Å². The summed E-state index contributed by atoms with van der Waals surface area (Å²) < 4.78 is 13.8. The molecule has 28 heavy (non-hydrogen) atoms. The molecule has 6 nitrogen and oxygen atoms in total. The summed E-state index contributed by atoms with van der Waals surface area (Å²) in [6.45, 7) is 4.18. The van der Waals surface area contributed by atoms with Crippen LogP contribution in [0.4, 0.5) is 4.39 Å². The summed E-state index contributed by atoms with van der Waals surface area (Å²) in [6.07, 6.45) is 0. The monoisotopic (exact) mass is 417 g/mol. The van der Waals surface area contributed by atoms with E-state index in [4.69, 9.17) is 0 Å². The van der Waals surface area contributed by atoms with Crippen molar-refractivity contribution in [1.82, 2.24) is 25.0 Å². The molecule has 1 aliphatic heterocycles. The molecule has 3 aromatic rings. The van der Waals surface area contributed by atoms with Crippen molar-refractivity contribution in [3.63, 3.8) is 0 Å². The molecular weight excluding hydrogens is 397 g/mol. The lowest BCUT2D eigenvalue weighted by Crippen LogP contribution is -2.48. The van der Waals surface area contributed by atoms with Gasteiger partial charge in [-0.05, 0) is 23.6 Å². The third kappa shape index (κ3) is 4.60. The summed E-state index contributed by atoms with van der Waals surface area (Å²) in [5.41, 5.74) is 0.370. The van der Waals surface area contributed by atoms with Gasteiger partial charge >= 0.3 is 0 Å². The molecular formula is C19H20FN5OS2. The first kappa shape index (κ1) is 19.1. The van der Waals surface area contributed by atoms with Crippen LogP contribution in [-0.4, -0.2) is 62.8 Å². The van der Waals surface area contributed by atoms with Gasteiger partial charge in [-0.15, -0.1) is 16.4 Å². The fraction of sp³-hybridized carbons (Fsp3) is 0.316. The fourth-order valence-electron chi connectivity index (χ4n) is 3.08. The molecule has 0 atom stereocenters. The zero-order valence-corrected chi connectivity index (χ0v) is 16.8. The highest BCUT2D eigenvalue weighted by atomic mass is 32.2. The number of amides is 1. The molecule has 1 aliphatic rings. The number of thiophene rings is 1. The summed E-state index contributed by atoms with van der Waals surface area (Å²) in [7, 11) is 0. The van der Waals surface area contributed by atoms with Crippen LogP contribution in [0.15, 0.2) is 46.9 Å². The molecule has 0 saturated carbocycles. The first-order valence-electron chi connectivity index (χ1n) is 9.01. The first-order valence-corrected chi connectivity index (χ1v) is 10.9. The maximum Gasteiger partial charge on any atom is 0.233 e. The van der Waals surface area contributed by atoms with Crippen LogP contribution in [0.2, 0.25) is 0 Å². The number of nitrogens with one attached hydrogen (secondary N) is 1. The second-order valence-corrected chi connectivity index (χ2v) is 8.45. The molecule has 2 aromatic heterocycles. The van der Waals surface area contributed by atoms with Gasteiger partial charge in [0.25, 0.3) is 0 Å². The summed E-state index contributed by atoms with van der Waals surface area (Å²) in [5.74, 6) is 0.374. The van der Waals surface area contributed by atoms with Gasteiger partial charge in [0.1, 0.15) is 5.82 Å². The normalized spacial score (nSPS) is 15.1. The number of hydrogen-bond acceptors (Lipinski definition) is 6. The Morgan fingerprint density at radius 1 is 1.18 bits per heavy atom. The van der Waals surface area contributed by atoms with Crippen LogP contribution >= 0.6 is 23.1 Å². The van der Waals surface area contributed by atoms with Crippen molar-refractivity contribution in [2.75, 3.05) is 31.9 Å². The van der Waals surface area contributed by atoms with E-state index in [0.29, 0.717) is 16.5 Å². The third-order valence-corrected chi connectivity index (χ3v) is 6.30. The predicted molar refractivity (Wildman–Crippen MR) is 109 cm³/mol. The second-order valence-electron chi connectivity index (χ2n) is 6.47. The Labute approximate surface area is 170 Å². The maximum absolute atomic E-state index is 13.8. The van der Waals surface area contributed by atoms with E-state index in [2.05, 4.69) is 37.6 Å². The number of carbonyl (C=O) groups is 1. The van der Waals surface area contributed by atoms with E-state index in [9.17, 15) is 9.18 Å². The molecule has 9 heteroatoms. The Bertz CT molecular complexity index is 922. The van der Waals surface area contributed by atoms with Gasteiger partial charge in [0.2, 0.25) is 11.1 Å². The molecule has 0 aliphatic carbocycles. The number of benzene rings is 1.